The number of aliphatic imine (C=N–C) groups is 1. The van der Waals surface area contributed by atoms with Gasteiger partial charge in [-0.2, -0.15) is 0 Å². The molecule has 0 aromatic heterocycles. The van der Waals surface area contributed by atoms with Gasteiger partial charge in [0.05, 0.1) is 18.0 Å². The third kappa shape index (κ3) is 7.60. The van der Waals surface area contributed by atoms with Gasteiger partial charge in [-0.25, -0.2) is 0 Å². The van der Waals surface area contributed by atoms with Gasteiger partial charge in [-0.15, -0.1) is 23.2 Å². The van der Waals surface area contributed by atoms with Gasteiger partial charge in [0.25, 0.3) is 0 Å². The van der Waals surface area contributed by atoms with Crippen LogP contribution in [0.1, 0.15) is 52.4 Å². The van der Waals surface area contributed by atoms with E-state index < -0.39 is 0 Å². The van der Waals surface area contributed by atoms with Crippen molar-refractivity contribution in [2.45, 2.75) is 81.4 Å². The first kappa shape index (κ1) is 27.2. The fourth-order valence-electron chi connectivity index (χ4n) is 6.18. The second-order valence-electron chi connectivity index (χ2n) is 10.9. The summed E-state index contributed by atoms with van der Waals surface area (Å²) >= 11 is 12.7. The van der Waals surface area contributed by atoms with Crippen molar-refractivity contribution in [2.24, 2.45) is 28.7 Å². The van der Waals surface area contributed by atoms with Gasteiger partial charge >= 0.3 is 0 Å². The number of alkyl halides is 2. The summed E-state index contributed by atoms with van der Waals surface area (Å²) in [6, 6.07) is 0.00480. The van der Waals surface area contributed by atoms with E-state index in [1.165, 1.54) is 0 Å². The maximum Gasteiger partial charge on any atom is 0.237 e. The molecule has 4 aliphatic rings. The van der Waals surface area contributed by atoms with E-state index >= 15 is 0 Å². The van der Waals surface area contributed by atoms with Crippen molar-refractivity contribution in [1.82, 2.24) is 26.6 Å². The van der Waals surface area contributed by atoms with Gasteiger partial charge in [-0.05, 0) is 63.2 Å². The van der Waals surface area contributed by atoms with Gasteiger partial charge in [0.1, 0.15) is 6.23 Å². The fourth-order valence-corrected chi connectivity index (χ4v) is 6.79. The smallest absolute Gasteiger partial charge is 0.237 e. The van der Waals surface area contributed by atoms with Crippen molar-refractivity contribution >= 4 is 35.1 Å². The van der Waals surface area contributed by atoms with Gasteiger partial charge in [0, 0.05) is 50.1 Å². The highest BCUT2D eigenvalue weighted by molar-refractivity contribution is 6.30. The molecule has 1 saturated carbocycles. The summed E-state index contributed by atoms with van der Waals surface area (Å²) in [5.74, 6) is 2.66. The molecule has 200 valence electrons. The first-order valence-electron chi connectivity index (χ1n) is 13.6. The zero-order chi connectivity index (χ0) is 24.8. The number of guanidine groups is 1. The molecule has 9 unspecified atom stereocenters. The summed E-state index contributed by atoms with van der Waals surface area (Å²) in [6.07, 6.45) is 5.73. The molecule has 3 heterocycles. The van der Waals surface area contributed by atoms with Crippen LogP contribution in [-0.4, -0.2) is 80.3 Å². The number of nitrogens with one attached hydrogen (secondary N) is 5. The number of hydrogen-bond donors (Lipinski definition) is 5. The first-order chi connectivity index (χ1) is 16.9. The van der Waals surface area contributed by atoms with Crippen molar-refractivity contribution in [3.63, 3.8) is 0 Å². The van der Waals surface area contributed by atoms with Crippen LogP contribution < -0.4 is 26.6 Å². The van der Waals surface area contributed by atoms with E-state index in [0.29, 0.717) is 36.8 Å². The maximum absolute atomic E-state index is 13.4. The number of carbonyl (C=O) groups excluding carboxylic acids is 1. The van der Waals surface area contributed by atoms with Crippen molar-refractivity contribution in [3.05, 3.63) is 0 Å². The van der Waals surface area contributed by atoms with Crippen LogP contribution in [0.4, 0.5) is 0 Å². The molecule has 0 aromatic carbocycles. The molecule has 2 saturated heterocycles. The second-order valence-corrected chi connectivity index (χ2v) is 12.1. The molecule has 4 rings (SSSR count). The summed E-state index contributed by atoms with van der Waals surface area (Å²) in [7, 11) is 0. The first-order valence-corrected chi connectivity index (χ1v) is 14.5. The second kappa shape index (κ2) is 13.1. The number of ether oxygens (including phenoxy) is 1. The van der Waals surface area contributed by atoms with Gasteiger partial charge < -0.3 is 26.0 Å². The lowest BCUT2D eigenvalue weighted by Crippen LogP contribution is -2.61. The summed E-state index contributed by atoms with van der Waals surface area (Å²) in [5, 5.41) is 17.4. The molecule has 0 bridgehead atoms. The van der Waals surface area contributed by atoms with Crippen LogP contribution in [0.25, 0.3) is 0 Å². The highest BCUT2D eigenvalue weighted by atomic mass is 35.5. The Kier molecular flexibility index (Phi) is 10.2. The van der Waals surface area contributed by atoms with Crippen molar-refractivity contribution in [3.8, 4) is 0 Å². The minimum Gasteiger partial charge on any atom is -0.363 e. The van der Waals surface area contributed by atoms with Gasteiger partial charge in [-0.1, -0.05) is 6.92 Å². The maximum atomic E-state index is 13.4. The van der Waals surface area contributed by atoms with E-state index in [0.717, 1.165) is 70.7 Å². The molecule has 0 spiro atoms. The largest absolute Gasteiger partial charge is 0.363 e. The molecule has 3 aliphatic heterocycles. The molecule has 1 aliphatic carbocycles. The predicted molar refractivity (Wildman–Crippen MR) is 142 cm³/mol. The number of amides is 1. The molecule has 3 fully saturated rings. The normalized spacial score (nSPS) is 40.0. The quantitative estimate of drug-likeness (QED) is 0.308. The number of halogens is 2. The van der Waals surface area contributed by atoms with E-state index in [1.54, 1.807) is 0 Å². The lowest BCUT2D eigenvalue weighted by molar-refractivity contribution is -0.125. The molecule has 10 heteroatoms. The van der Waals surface area contributed by atoms with Crippen molar-refractivity contribution < 1.29 is 9.53 Å². The Morgan fingerprint density at radius 2 is 1.97 bits per heavy atom. The summed E-state index contributed by atoms with van der Waals surface area (Å²) in [5.41, 5.74) is 0. The van der Waals surface area contributed by atoms with Crippen LogP contribution in [-0.2, 0) is 9.53 Å². The van der Waals surface area contributed by atoms with E-state index in [-0.39, 0.29) is 35.0 Å². The van der Waals surface area contributed by atoms with Gasteiger partial charge in [0.15, 0.2) is 5.96 Å². The van der Waals surface area contributed by atoms with Crippen LogP contribution in [0.5, 0.6) is 0 Å². The molecule has 0 aromatic rings. The number of piperidine rings is 2. The van der Waals surface area contributed by atoms with Crippen LogP contribution in [0.15, 0.2) is 4.99 Å². The Balaban J connectivity index is 1.39. The average molecular weight is 532 g/mol. The standard InChI is InChI=1S/C25H44Cl2N6O2/c1-3-35-24-18(8-15(2)12-31-24)21-10-17(14-32-25-28-6-7-29-25)11-22(33-21)23(34)30-13-16-4-5-19(26)20(27)9-16/h15-22,24,31,33H,3-14H2,1-2H3,(H,30,34)(H2,28,29,32). The summed E-state index contributed by atoms with van der Waals surface area (Å²) in [6.45, 7) is 9.18. The monoisotopic (exact) mass is 530 g/mol. The lowest BCUT2D eigenvalue weighted by atomic mass is 9.77. The SMILES string of the molecule is CCOC1NCC(C)CC1C1CC(CNC2=NCCN2)CC(C(=O)NCC2CCC(Cl)C(Cl)C2)N1. The number of hydrogen-bond acceptors (Lipinski definition) is 7. The third-order valence-corrected chi connectivity index (χ3v) is 9.21. The molecule has 5 N–H and O–H groups in total. The Labute approximate surface area is 220 Å². The average Bonchev–Trinajstić information content (AvgIpc) is 3.38. The Bertz CT molecular complexity index is 728. The topological polar surface area (TPSA) is 98.8 Å². The highest BCUT2D eigenvalue weighted by Gasteiger charge is 2.41. The third-order valence-electron chi connectivity index (χ3n) is 8.08. The predicted octanol–water partition coefficient (Wildman–Crippen LogP) is 2.01. The molecule has 1 amide bonds. The van der Waals surface area contributed by atoms with E-state index in [9.17, 15) is 4.79 Å². The molecule has 9 atom stereocenters. The minimum absolute atomic E-state index is 0.0108. The van der Waals surface area contributed by atoms with Crippen LogP contribution in [0.3, 0.4) is 0 Å². The van der Waals surface area contributed by atoms with Crippen LogP contribution in [0, 0.1) is 23.7 Å². The van der Waals surface area contributed by atoms with Crippen LogP contribution >= 0.6 is 23.2 Å². The van der Waals surface area contributed by atoms with E-state index in [2.05, 4.69) is 38.5 Å². The molecule has 0 radical (unpaired) electrons. The number of nitrogens with zero attached hydrogens (tertiary/aromatic N) is 1. The zero-order valence-corrected chi connectivity index (χ0v) is 22.7. The van der Waals surface area contributed by atoms with Crippen molar-refractivity contribution in [1.29, 1.82) is 0 Å². The zero-order valence-electron chi connectivity index (χ0n) is 21.2. The van der Waals surface area contributed by atoms with Crippen LogP contribution in [0.2, 0.25) is 0 Å². The van der Waals surface area contributed by atoms with E-state index in [4.69, 9.17) is 27.9 Å². The Hall–Kier alpha value is -0.800. The fraction of sp³-hybridized carbons (Fsp3) is 0.920. The molecular formula is C25H44Cl2N6O2. The highest BCUT2D eigenvalue weighted by Crippen LogP contribution is 2.33. The Morgan fingerprint density at radius 1 is 1.11 bits per heavy atom. The van der Waals surface area contributed by atoms with E-state index in [1.807, 2.05) is 6.92 Å². The Morgan fingerprint density at radius 3 is 2.71 bits per heavy atom. The number of carbonyl (C=O) groups is 1. The summed E-state index contributed by atoms with van der Waals surface area (Å²) < 4.78 is 6.10. The molecular weight excluding hydrogens is 487 g/mol. The van der Waals surface area contributed by atoms with Crippen molar-refractivity contribution in [2.75, 3.05) is 39.3 Å². The lowest BCUT2D eigenvalue weighted by Gasteiger charge is -2.45. The summed E-state index contributed by atoms with van der Waals surface area (Å²) in [4.78, 5) is 17.8. The molecule has 8 nitrogen and oxygen atoms in total. The minimum atomic E-state index is -0.213. The van der Waals surface area contributed by atoms with Gasteiger partial charge in [0.2, 0.25) is 5.91 Å². The number of rotatable bonds is 8. The molecule has 35 heavy (non-hydrogen) atoms. The van der Waals surface area contributed by atoms with Gasteiger partial charge in [-0.3, -0.25) is 15.1 Å².